The molecule has 0 spiro atoms. The van der Waals surface area contributed by atoms with Gasteiger partial charge in [0.05, 0.1) is 28.1 Å². The molecule has 0 fully saturated rings. The first kappa shape index (κ1) is 17.9. The zero-order valence-corrected chi connectivity index (χ0v) is 16.6. The Morgan fingerprint density at radius 1 is 1.24 bits per heavy atom. The van der Waals surface area contributed by atoms with Gasteiger partial charge in [-0.05, 0) is 24.3 Å². The predicted octanol–water partition coefficient (Wildman–Crippen LogP) is 3.99. The van der Waals surface area contributed by atoms with Gasteiger partial charge < -0.3 is 14.7 Å². The van der Waals surface area contributed by atoms with Crippen molar-refractivity contribution < 1.29 is 14.6 Å². The van der Waals surface area contributed by atoms with Gasteiger partial charge in [0.15, 0.2) is 10.8 Å². The summed E-state index contributed by atoms with van der Waals surface area (Å²) >= 11 is 2.81. The van der Waals surface area contributed by atoms with Crippen LogP contribution < -0.4 is 20.5 Å². The molecule has 4 aromatic rings. The van der Waals surface area contributed by atoms with Gasteiger partial charge in [-0.3, -0.25) is 5.01 Å². The molecule has 2 aromatic carbocycles. The van der Waals surface area contributed by atoms with E-state index in [4.69, 9.17) is 15.7 Å². The second-order valence-corrected chi connectivity index (χ2v) is 8.15. The number of hydrazine groups is 1. The van der Waals surface area contributed by atoms with Gasteiger partial charge in [0, 0.05) is 11.4 Å². The van der Waals surface area contributed by atoms with Crippen LogP contribution >= 0.6 is 22.7 Å². The van der Waals surface area contributed by atoms with Crippen LogP contribution in [0.15, 0.2) is 47.8 Å². The first-order valence-electron chi connectivity index (χ1n) is 8.74. The third kappa shape index (κ3) is 3.16. The monoisotopic (exact) mass is 425 g/mol. The number of thiazole rings is 2. The van der Waals surface area contributed by atoms with E-state index in [1.54, 1.807) is 5.01 Å². The molecule has 3 heterocycles. The number of benzene rings is 2. The Bertz CT molecular complexity index is 1190. The Kier molecular flexibility index (Phi) is 4.31. The molecule has 8 nitrogen and oxygen atoms in total. The summed E-state index contributed by atoms with van der Waals surface area (Å²) in [6.45, 7) is 1.05. The summed E-state index contributed by atoms with van der Waals surface area (Å²) in [6, 6.07) is 13.5. The summed E-state index contributed by atoms with van der Waals surface area (Å²) in [6.07, 6.45) is 0. The maximum Gasteiger partial charge on any atom is 0.355 e. The number of carboxylic acid groups (broad SMARTS) is 1. The summed E-state index contributed by atoms with van der Waals surface area (Å²) < 4.78 is 6.90. The highest BCUT2D eigenvalue weighted by Crippen LogP contribution is 2.41. The number of anilines is 4. The Morgan fingerprint density at radius 3 is 2.90 bits per heavy atom. The average molecular weight is 425 g/mol. The molecule has 0 atom stereocenters. The summed E-state index contributed by atoms with van der Waals surface area (Å²) in [7, 11) is 0. The van der Waals surface area contributed by atoms with Crippen LogP contribution in [0.5, 0.6) is 5.75 Å². The lowest BCUT2D eigenvalue weighted by molar-refractivity contribution is 0.0691. The van der Waals surface area contributed by atoms with Crippen molar-refractivity contribution in [1.29, 1.82) is 0 Å². The highest BCUT2D eigenvalue weighted by atomic mass is 32.1. The molecule has 10 heteroatoms. The Balaban J connectivity index is 1.47. The second-order valence-electron chi connectivity index (χ2n) is 6.31. The van der Waals surface area contributed by atoms with E-state index in [1.165, 1.54) is 28.1 Å². The largest absolute Gasteiger partial charge is 0.489 e. The van der Waals surface area contributed by atoms with E-state index < -0.39 is 5.97 Å². The molecule has 0 amide bonds. The van der Waals surface area contributed by atoms with Gasteiger partial charge >= 0.3 is 5.97 Å². The molecule has 0 saturated carbocycles. The average Bonchev–Trinajstić information content (AvgIpc) is 3.39. The molecule has 29 heavy (non-hydrogen) atoms. The molecular weight excluding hydrogens is 410 g/mol. The van der Waals surface area contributed by atoms with E-state index >= 15 is 0 Å². The van der Waals surface area contributed by atoms with Gasteiger partial charge in [0.2, 0.25) is 5.13 Å². The molecule has 146 valence electrons. The molecule has 1 aliphatic heterocycles. The third-order valence-corrected chi connectivity index (χ3v) is 6.41. The zero-order chi connectivity index (χ0) is 20.0. The van der Waals surface area contributed by atoms with Crippen molar-refractivity contribution in [3.8, 4) is 5.75 Å². The summed E-state index contributed by atoms with van der Waals surface area (Å²) in [5, 5.41) is 13.5. The number of rotatable bonds is 4. The number of hydrogen-bond acceptors (Lipinski definition) is 9. The molecule has 5 rings (SSSR count). The number of para-hydroxylation sites is 1. The van der Waals surface area contributed by atoms with Gasteiger partial charge in [-0.15, -0.1) is 11.3 Å². The Morgan fingerprint density at radius 2 is 2.10 bits per heavy atom. The van der Waals surface area contributed by atoms with Crippen molar-refractivity contribution in [2.24, 2.45) is 5.84 Å². The Hall–Kier alpha value is -3.21. The minimum atomic E-state index is -1.04. The molecular formula is C19H15N5O3S2. The van der Waals surface area contributed by atoms with Crippen molar-refractivity contribution in [3.05, 3.63) is 53.5 Å². The minimum Gasteiger partial charge on any atom is -0.489 e. The van der Waals surface area contributed by atoms with Crippen LogP contribution in [0, 0.1) is 0 Å². The fraction of sp³-hybridized carbons (Fsp3) is 0.105. The quantitative estimate of drug-likeness (QED) is 0.373. The SMILES string of the molecule is NN(c1ccc2c(c1)OCCN2c1nc(C(=O)O)cs1)c1nc2ccccc2s1. The smallest absolute Gasteiger partial charge is 0.355 e. The molecule has 0 radical (unpaired) electrons. The van der Waals surface area contributed by atoms with Gasteiger partial charge in [-0.1, -0.05) is 23.5 Å². The number of nitrogens with two attached hydrogens (primary N) is 1. The second kappa shape index (κ2) is 6.99. The van der Waals surface area contributed by atoms with Gasteiger partial charge in [0.1, 0.15) is 12.4 Å². The first-order valence-corrected chi connectivity index (χ1v) is 10.4. The lowest BCUT2D eigenvalue weighted by Gasteiger charge is -2.30. The van der Waals surface area contributed by atoms with Gasteiger partial charge in [-0.25, -0.2) is 20.6 Å². The van der Waals surface area contributed by atoms with E-state index in [1.807, 2.05) is 47.4 Å². The van der Waals surface area contributed by atoms with E-state index in [0.29, 0.717) is 29.2 Å². The van der Waals surface area contributed by atoms with Crippen molar-refractivity contribution >= 4 is 60.5 Å². The molecule has 0 aliphatic carbocycles. The topological polar surface area (TPSA) is 105 Å². The maximum absolute atomic E-state index is 11.1. The third-order valence-electron chi connectivity index (χ3n) is 4.52. The fourth-order valence-electron chi connectivity index (χ4n) is 3.12. The van der Waals surface area contributed by atoms with Crippen molar-refractivity contribution in [2.75, 3.05) is 23.1 Å². The predicted molar refractivity (Wildman–Crippen MR) is 114 cm³/mol. The fourth-order valence-corrected chi connectivity index (χ4v) is 4.87. The number of carbonyl (C=O) groups is 1. The van der Waals surface area contributed by atoms with Crippen LogP contribution in [-0.2, 0) is 0 Å². The number of carboxylic acids is 1. The number of aromatic nitrogens is 2. The molecule has 0 saturated heterocycles. The van der Waals surface area contributed by atoms with Crippen LogP contribution in [0.1, 0.15) is 10.5 Å². The van der Waals surface area contributed by atoms with Crippen LogP contribution in [0.25, 0.3) is 10.2 Å². The van der Waals surface area contributed by atoms with Crippen molar-refractivity contribution in [3.63, 3.8) is 0 Å². The summed E-state index contributed by atoms with van der Waals surface area (Å²) in [5.74, 6) is 5.96. The number of aromatic carboxylic acids is 1. The number of ether oxygens (including phenoxy) is 1. The first-order chi connectivity index (χ1) is 14.1. The standard InChI is InChI=1S/C19H15N5O3S2/c20-24(19-21-12-3-1-2-4-16(12)29-19)11-5-6-14-15(9-11)27-8-7-23(14)18-22-13(10-28-18)17(25)26/h1-6,9-10H,7-8,20H2,(H,25,26). The number of fused-ring (bicyclic) bond motifs is 2. The lowest BCUT2D eigenvalue weighted by atomic mass is 10.2. The molecule has 2 aromatic heterocycles. The highest BCUT2D eigenvalue weighted by molar-refractivity contribution is 7.22. The molecule has 3 N–H and O–H groups in total. The van der Waals surface area contributed by atoms with Gasteiger partial charge in [-0.2, -0.15) is 0 Å². The Labute approximate surface area is 173 Å². The van der Waals surface area contributed by atoms with E-state index in [-0.39, 0.29) is 5.69 Å². The van der Waals surface area contributed by atoms with E-state index in [9.17, 15) is 4.79 Å². The lowest BCUT2D eigenvalue weighted by Crippen LogP contribution is -2.29. The van der Waals surface area contributed by atoms with E-state index in [0.717, 1.165) is 21.6 Å². The summed E-state index contributed by atoms with van der Waals surface area (Å²) in [4.78, 5) is 21.9. The van der Waals surface area contributed by atoms with Crippen molar-refractivity contribution in [2.45, 2.75) is 0 Å². The van der Waals surface area contributed by atoms with Crippen LogP contribution in [-0.4, -0.2) is 34.2 Å². The maximum atomic E-state index is 11.1. The minimum absolute atomic E-state index is 0.0404. The summed E-state index contributed by atoms with van der Waals surface area (Å²) in [5.41, 5.74) is 2.51. The van der Waals surface area contributed by atoms with Crippen molar-refractivity contribution in [1.82, 2.24) is 9.97 Å². The molecule has 0 bridgehead atoms. The van der Waals surface area contributed by atoms with Crippen LogP contribution in [0.2, 0.25) is 0 Å². The molecule has 1 aliphatic rings. The number of hydrogen-bond donors (Lipinski definition) is 2. The highest BCUT2D eigenvalue weighted by Gasteiger charge is 2.24. The zero-order valence-electron chi connectivity index (χ0n) is 15.0. The van der Waals surface area contributed by atoms with Gasteiger partial charge in [0.25, 0.3) is 0 Å². The normalized spacial score (nSPS) is 13.2. The molecule has 0 unspecified atom stereocenters. The van der Waals surface area contributed by atoms with Crippen LogP contribution in [0.3, 0.4) is 0 Å². The van der Waals surface area contributed by atoms with Crippen LogP contribution in [0.4, 0.5) is 21.6 Å². The number of nitrogens with zero attached hydrogens (tertiary/aromatic N) is 4. The van der Waals surface area contributed by atoms with E-state index in [2.05, 4.69) is 9.97 Å².